The number of rotatable bonds is 3. The normalized spacial score (nSPS) is 10.8. The summed E-state index contributed by atoms with van der Waals surface area (Å²) >= 11 is 0. The fourth-order valence-electron chi connectivity index (χ4n) is 1.68. The minimum Gasteiger partial charge on any atom is -0.477 e. The van der Waals surface area contributed by atoms with Crippen LogP contribution in [0.4, 0.5) is 5.69 Å². The fraction of sp³-hybridized carbons (Fsp3) is 0. The van der Waals surface area contributed by atoms with Crippen LogP contribution in [0.1, 0.15) is 10.4 Å². The van der Waals surface area contributed by atoms with Crippen LogP contribution in [0.2, 0.25) is 0 Å². The molecule has 0 bridgehead atoms. The van der Waals surface area contributed by atoms with Crippen molar-refractivity contribution < 1.29 is 14.8 Å². The molecule has 0 spiro atoms. The van der Waals surface area contributed by atoms with E-state index in [0.29, 0.717) is 5.69 Å². The third-order valence-electron chi connectivity index (χ3n) is 2.62. The summed E-state index contributed by atoms with van der Waals surface area (Å²) in [6.45, 7) is 0. The van der Waals surface area contributed by atoms with Gasteiger partial charge in [-0.2, -0.15) is 10.2 Å². The standard InChI is InChI=1S/C10H6N6O4/c17-10(18)8-3-13-15-4-6(1-11-9(8)15)14-5-7(2-12-14)16(19)20/h1-5H,(H,17,18). The molecular formula is C10H6N6O4. The van der Waals surface area contributed by atoms with Gasteiger partial charge in [-0.05, 0) is 0 Å². The van der Waals surface area contributed by atoms with Crippen molar-refractivity contribution in [2.24, 2.45) is 0 Å². The molecule has 0 radical (unpaired) electrons. The van der Waals surface area contributed by atoms with E-state index >= 15 is 0 Å². The number of carbonyl (C=O) groups is 1. The van der Waals surface area contributed by atoms with Crippen LogP contribution in [-0.2, 0) is 0 Å². The maximum absolute atomic E-state index is 10.9. The van der Waals surface area contributed by atoms with Gasteiger partial charge in [-0.25, -0.2) is 19.0 Å². The molecule has 20 heavy (non-hydrogen) atoms. The molecule has 0 saturated carbocycles. The molecule has 1 N–H and O–H groups in total. The molecule has 0 unspecified atom stereocenters. The number of aromatic carboxylic acids is 1. The van der Waals surface area contributed by atoms with E-state index in [-0.39, 0.29) is 16.9 Å². The predicted octanol–water partition coefficient (Wildman–Crippen LogP) is 0.521. The van der Waals surface area contributed by atoms with Gasteiger partial charge in [-0.1, -0.05) is 0 Å². The predicted molar refractivity (Wildman–Crippen MR) is 63.7 cm³/mol. The lowest BCUT2D eigenvalue weighted by Crippen LogP contribution is -2.01. The number of hydrogen-bond acceptors (Lipinski definition) is 6. The van der Waals surface area contributed by atoms with Crippen LogP contribution in [0.5, 0.6) is 0 Å². The number of nitro groups is 1. The zero-order chi connectivity index (χ0) is 14.3. The molecule has 0 aliphatic rings. The second kappa shape index (κ2) is 4.12. The summed E-state index contributed by atoms with van der Waals surface area (Å²) in [5.74, 6) is -1.13. The van der Waals surface area contributed by atoms with Crippen molar-refractivity contribution >= 4 is 17.3 Å². The Morgan fingerprint density at radius 3 is 2.70 bits per heavy atom. The van der Waals surface area contributed by atoms with Gasteiger partial charge in [-0.15, -0.1) is 0 Å². The fourth-order valence-corrected chi connectivity index (χ4v) is 1.68. The molecule has 0 saturated heterocycles. The molecule has 0 aromatic carbocycles. The maximum Gasteiger partial charge on any atom is 0.341 e. The van der Waals surface area contributed by atoms with Gasteiger partial charge in [0, 0.05) is 0 Å². The minimum atomic E-state index is -1.13. The van der Waals surface area contributed by atoms with Crippen LogP contribution in [0, 0.1) is 10.1 Å². The van der Waals surface area contributed by atoms with Gasteiger partial charge in [0.1, 0.15) is 23.6 Å². The van der Waals surface area contributed by atoms with E-state index in [0.717, 1.165) is 6.20 Å². The van der Waals surface area contributed by atoms with Gasteiger partial charge in [0.05, 0.1) is 23.5 Å². The van der Waals surface area contributed by atoms with E-state index in [9.17, 15) is 14.9 Å². The highest BCUT2D eigenvalue weighted by atomic mass is 16.6. The van der Waals surface area contributed by atoms with Crippen LogP contribution in [-0.4, -0.2) is 40.4 Å². The average Bonchev–Trinajstić information content (AvgIpc) is 3.04. The lowest BCUT2D eigenvalue weighted by atomic mass is 10.3. The summed E-state index contributed by atoms with van der Waals surface area (Å²) < 4.78 is 2.53. The van der Waals surface area contributed by atoms with Crippen LogP contribution < -0.4 is 0 Å². The highest BCUT2D eigenvalue weighted by Gasteiger charge is 2.14. The van der Waals surface area contributed by atoms with Gasteiger partial charge >= 0.3 is 11.7 Å². The van der Waals surface area contributed by atoms with Crippen molar-refractivity contribution in [1.82, 2.24) is 24.4 Å². The molecule has 3 aromatic rings. The second-order valence-electron chi connectivity index (χ2n) is 3.84. The Balaban J connectivity index is 2.08. The molecule has 0 aliphatic carbocycles. The van der Waals surface area contributed by atoms with Gasteiger partial charge in [0.2, 0.25) is 0 Å². The molecule has 3 heterocycles. The molecule has 10 nitrogen and oxygen atoms in total. The largest absolute Gasteiger partial charge is 0.477 e. The Hall–Kier alpha value is -3.30. The number of fused-ring (bicyclic) bond motifs is 1. The molecule has 3 aromatic heterocycles. The van der Waals surface area contributed by atoms with E-state index < -0.39 is 10.9 Å². The zero-order valence-electron chi connectivity index (χ0n) is 9.74. The summed E-state index contributed by atoms with van der Waals surface area (Å²) in [6.07, 6.45) is 6.35. The summed E-state index contributed by atoms with van der Waals surface area (Å²) in [7, 11) is 0. The van der Waals surface area contributed by atoms with Gasteiger partial charge in [0.25, 0.3) is 0 Å². The van der Waals surface area contributed by atoms with Crippen LogP contribution in [0.15, 0.2) is 31.0 Å². The molecule has 0 amide bonds. The summed E-state index contributed by atoms with van der Waals surface area (Å²) in [6, 6.07) is 0. The zero-order valence-corrected chi connectivity index (χ0v) is 9.74. The van der Waals surface area contributed by atoms with E-state index in [4.69, 9.17) is 5.11 Å². The monoisotopic (exact) mass is 274 g/mol. The lowest BCUT2D eigenvalue weighted by molar-refractivity contribution is -0.384. The van der Waals surface area contributed by atoms with Gasteiger partial charge in [0.15, 0.2) is 5.65 Å². The van der Waals surface area contributed by atoms with Crippen LogP contribution in [0.3, 0.4) is 0 Å². The van der Waals surface area contributed by atoms with Crippen molar-refractivity contribution in [3.8, 4) is 5.69 Å². The highest BCUT2D eigenvalue weighted by Crippen LogP contribution is 2.14. The maximum atomic E-state index is 10.9. The highest BCUT2D eigenvalue weighted by molar-refractivity contribution is 5.94. The van der Waals surface area contributed by atoms with Gasteiger partial charge in [-0.3, -0.25) is 10.1 Å². The quantitative estimate of drug-likeness (QED) is 0.544. The van der Waals surface area contributed by atoms with E-state index in [1.807, 2.05) is 0 Å². The molecule has 0 aliphatic heterocycles. The second-order valence-corrected chi connectivity index (χ2v) is 3.84. The third-order valence-corrected chi connectivity index (χ3v) is 2.62. The van der Waals surface area contributed by atoms with E-state index in [2.05, 4.69) is 15.2 Å². The summed E-state index contributed by atoms with van der Waals surface area (Å²) in [5.41, 5.74) is 0.424. The Morgan fingerprint density at radius 2 is 2.05 bits per heavy atom. The van der Waals surface area contributed by atoms with Crippen molar-refractivity contribution in [3.63, 3.8) is 0 Å². The number of aromatic nitrogens is 5. The number of hydrogen-bond donors (Lipinski definition) is 1. The smallest absolute Gasteiger partial charge is 0.341 e. The molecule has 100 valence electrons. The summed E-state index contributed by atoms with van der Waals surface area (Å²) in [4.78, 5) is 24.9. The van der Waals surface area contributed by atoms with E-state index in [1.54, 1.807) is 0 Å². The number of carboxylic acid groups (broad SMARTS) is 1. The average molecular weight is 274 g/mol. The van der Waals surface area contributed by atoms with Crippen LogP contribution >= 0.6 is 0 Å². The van der Waals surface area contributed by atoms with Crippen molar-refractivity contribution in [2.75, 3.05) is 0 Å². The Kier molecular flexibility index (Phi) is 2.42. The lowest BCUT2D eigenvalue weighted by Gasteiger charge is -2.00. The minimum absolute atomic E-state index is 0.0250. The topological polar surface area (TPSA) is 128 Å². The first-order valence-corrected chi connectivity index (χ1v) is 5.32. The molecular weight excluding hydrogens is 268 g/mol. The summed E-state index contributed by atoms with van der Waals surface area (Å²) in [5, 5.41) is 27.2. The molecule has 10 heteroatoms. The van der Waals surface area contributed by atoms with Crippen molar-refractivity contribution in [2.45, 2.75) is 0 Å². The van der Waals surface area contributed by atoms with Crippen LogP contribution in [0.25, 0.3) is 11.3 Å². The van der Waals surface area contributed by atoms with Gasteiger partial charge < -0.3 is 5.11 Å². The number of nitrogens with zero attached hydrogens (tertiary/aromatic N) is 6. The molecule has 3 rings (SSSR count). The van der Waals surface area contributed by atoms with Crippen molar-refractivity contribution in [1.29, 1.82) is 0 Å². The first-order chi connectivity index (χ1) is 9.56. The Bertz CT molecular complexity index is 835. The Morgan fingerprint density at radius 1 is 1.25 bits per heavy atom. The first-order valence-electron chi connectivity index (χ1n) is 5.32. The van der Waals surface area contributed by atoms with E-state index in [1.165, 1.54) is 34.0 Å². The number of carboxylic acids is 1. The molecule has 0 fully saturated rings. The molecule has 0 atom stereocenters. The van der Waals surface area contributed by atoms with Crippen molar-refractivity contribution in [3.05, 3.63) is 46.7 Å². The first kappa shape index (κ1) is 11.8. The third kappa shape index (κ3) is 1.75. The SMILES string of the molecule is O=C(O)c1cnn2cc(-n3cc([N+](=O)[O-])cn3)cnc12. The Labute approximate surface area is 110 Å².